The second kappa shape index (κ2) is 7.53. The molecule has 1 aromatic heterocycles. The maximum absolute atomic E-state index is 14.4. The molecule has 0 unspecified atom stereocenters. The number of hydrogen-bond acceptors (Lipinski definition) is 5. The number of halogens is 3. The minimum Gasteiger partial charge on any atom is -0.481 e. The van der Waals surface area contributed by atoms with Crippen LogP contribution in [0, 0.1) is 5.82 Å². The lowest BCUT2D eigenvalue weighted by Gasteiger charge is -2.34. The van der Waals surface area contributed by atoms with Crippen LogP contribution in [0.15, 0.2) is 6.07 Å². The number of alkyl halides is 2. The predicted octanol–water partition coefficient (Wildman–Crippen LogP) is 2.46. The van der Waals surface area contributed by atoms with Gasteiger partial charge in [-0.2, -0.15) is 4.98 Å². The summed E-state index contributed by atoms with van der Waals surface area (Å²) in [5.41, 5.74) is 0.387. The van der Waals surface area contributed by atoms with E-state index < -0.39 is 30.7 Å². The summed E-state index contributed by atoms with van der Waals surface area (Å²) in [7, 11) is 4.92. The first-order valence-electron chi connectivity index (χ1n) is 8.93. The van der Waals surface area contributed by atoms with E-state index in [0.29, 0.717) is 5.56 Å². The molecule has 3 rings (SSSR count). The van der Waals surface area contributed by atoms with Crippen LogP contribution in [0.2, 0.25) is 0 Å². The van der Waals surface area contributed by atoms with Gasteiger partial charge in [-0.3, -0.25) is 9.69 Å². The molecule has 0 bridgehead atoms. The molecule has 0 radical (unpaired) electrons. The molecular weight excluding hydrogens is 363 g/mol. The van der Waals surface area contributed by atoms with Gasteiger partial charge >= 0.3 is 0 Å². The molecule has 6 nitrogen and oxygen atoms in total. The number of carbonyl (C=O) groups excluding carboxylic acids is 1. The van der Waals surface area contributed by atoms with Gasteiger partial charge in [0, 0.05) is 25.5 Å². The Bertz CT molecular complexity index is 709. The van der Waals surface area contributed by atoms with E-state index in [2.05, 4.69) is 4.98 Å². The maximum Gasteiger partial charge on any atom is 0.255 e. The van der Waals surface area contributed by atoms with E-state index in [1.807, 2.05) is 11.9 Å². The number of aromatic nitrogens is 1. The van der Waals surface area contributed by atoms with Gasteiger partial charge in [0.25, 0.3) is 11.8 Å². The normalized spacial score (nSPS) is 22.4. The molecule has 0 spiro atoms. The summed E-state index contributed by atoms with van der Waals surface area (Å²) >= 11 is 0. The molecule has 0 N–H and O–H groups in total. The molecule has 9 heteroatoms. The number of pyridine rings is 1. The maximum atomic E-state index is 14.4. The van der Waals surface area contributed by atoms with Crippen molar-refractivity contribution in [3.8, 4) is 11.8 Å². The summed E-state index contributed by atoms with van der Waals surface area (Å²) in [5.74, 6) is -3.83. The third-order valence-corrected chi connectivity index (χ3v) is 5.10. The zero-order valence-corrected chi connectivity index (χ0v) is 15.7. The Morgan fingerprint density at radius 3 is 2.67 bits per heavy atom. The summed E-state index contributed by atoms with van der Waals surface area (Å²) in [6.07, 6.45) is 0.0864. The Kier molecular flexibility index (Phi) is 5.50. The van der Waals surface area contributed by atoms with Gasteiger partial charge in [-0.15, -0.1) is 0 Å². The zero-order valence-electron chi connectivity index (χ0n) is 15.7. The highest BCUT2D eigenvalue weighted by Crippen LogP contribution is 2.40. The first kappa shape index (κ1) is 19.7. The van der Waals surface area contributed by atoms with Crippen LogP contribution in [-0.4, -0.2) is 66.5 Å². The number of ether oxygens (including phenoxy) is 2. The Labute approximate surface area is 156 Å². The molecule has 0 aromatic carbocycles. The number of methoxy groups -OCH3 is 1. The van der Waals surface area contributed by atoms with Gasteiger partial charge in [-0.25, -0.2) is 13.2 Å². The third kappa shape index (κ3) is 4.28. The quantitative estimate of drug-likeness (QED) is 0.751. The fourth-order valence-corrected chi connectivity index (χ4v) is 3.52. The summed E-state index contributed by atoms with van der Waals surface area (Å²) in [5, 5.41) is 0. The lowest BCUT2D eigenvalue weighted by Crippen LogP contribution is -2.43. The van der Waals surface area contributed by atoms with Crippen LogP contribution in [0.1, 0.15) is 31.2 Å². The molecule has 27 heavy (non-hydrogen) atoms. The standard InChI is InChI=1S/C18H24F3N3O3/c1-23-6-4-5-14(23)17(25)24(2)10-11-7-13(19)16(22-15(11)26-3)27-12-8-18(20,21)9-12/h7,12,14H,4-6,8-10H2,1-3H3/t14-/m0/s1. The van der Waals surface area contributed by atoms with Gasteiger partial charge in [-0.05, 0) is 32.5 Å². The first-order valence-corrected chi connectivity index (χ1v) is 8.93. The fourth-order valence-electron chi connectivity index (χ4n) is 3.52. The number of likely N-dealkylation sites (N-methyl/N-ethyl adjacent to an activating group) is 2. The molecule has 1 amide bonds. The van der Waals surface area contributed by atoms with Crippen LogP contribution < -0.4 is 9.47 Å². The van der Waals surface area contributed by atoms with Crippen molar-refractivity contribution >= 4 is 5.91 Å². The molecule has 2 heterocycles. The van der Waals surface area contributed by atoms with E-state index >= 15 is 0 Å². The molecule has 1 aliphatic carbocycles. The number of hydrogen-bond donors (Lipinski definition) is 0. The fraction of sp³-hybridized carbons (Fsp3) is 0.667. The van der Waals surface area contributed by atoms with Gasteiger partial charge in [-0.1, -0.05) is 0 Å². The van der Waals surface area contributed by atoms with Crippen LogP contribution in [0.25, 0.3) is 0 Å². The number of likely N-dealkylation sites (tertiary alicyclic amines) is 1. The highest BCUT2D eigenvalue weighted by atomic mass is 19.3. The monoisotopic (exact) mass is 387 g/mol. The molecule has 1 aromatic rings. The minimum atomic E-state index is -2.76. The van der Waals surface area contributed by atoms with E-state index in [1.54, 1.807) is 7.05 Å². The lowest BCUT2D eigenvalue weighted by molar-refractivity contribution is -0.136. The second-order valence-corrected chi connectivity index (χ2v) is 7.28. The zero-order chi connectivity index (χ0) is 19.8. The SMILES string of the molecule is COc1nc(OC2CC(F)(F)C2)c(F)cc1CN(C)C(=O)[C@@H]1CCCN1C. The van der Waals surface area contributed by atoms with Crippen LogP contribution in [0.4, 0.5) is 13.2 Å². The van der Waals surface area contributed by atoms with E-state index in [-0.39, 0.29) is 30.3 Å². The number of amides is 1. The van der Waals surface area contributed by atoms with E-state index in [4.69, 9.17) is 9.47 Å². The molecule has 1 aliphatic heterocycles. The Hall–Kier alpha value is -2.03. The lowest BCUT2D eigenvalue weighted by atomic mass is 9.91. The average Bonchev–Trinajstić information content (AvgIpc) is 3.00. The number of rotatable bonds is 6. The Morgan fingerprint density at radius 1 is 1.41 bits per heavy atom. The third-order valence-electron chi connectivity index (χ3n) is 5.10. The average molecular weight is 387 g/mol. The molecule has 1 saturated carbocycles. The molecule has 1 atom stereocenters. The van der Waals surface area contributed by atoms with Crippen LogP contribution in [-0.2, 0) is 11.3 Å². The predicted molar refractivity (Wildman–Crippen MR) is 91.5 cm³/mol. The summed E-state index contributed by atoms with van der Waals surface area (Å²) in [6.45, 7) is 0.994. The summed E-state index contributed by atoms with van der Waals surface area (Å²) in [6, 6.07) is 1.00. The van der Waals surface area contributed by atoms with Crippen molar-refractivity contribution in [3.05, 3.63) is 17.4 Å². The van der Waals surface area contributed by atoms with Gasteiger partial charge in [0.05, 0.1) is 19.7 Å². The van der Waals surface area contributed by atoms with Crippen molar-refractivity contribution < 1.29 is 27.4 Å². The second-order valence-electron chi connectivity index (χ2n) is 7.28. The molecular formula is C18H24F3N3O3. The van der Waals surface area contributed by atoms with Crippen molar-refractivity contribution in [3.63, 3.8) is 0 Å². The minimum absolute atomic E-state index is 0.0468. The van der Waals surface area contributed by atoms with E-state index in [0.717, 1.165) is 19.4 Å². The molecule has 2 fully saturated rings. The highest BCUT2D eigenvalue weighted by Gasteiger charge is 2.47. The highest BCUT2D eigenvalue weighted by molar-refractivity contribution is 5.82. The van der Waals surface area contributed by atoms with Crippen LogP contribution in [0.5, 0.6) is 11.8 Å². The van der Waals surface area contributed by atoms with E-state index in [9.17, 15) is 18.0 Å². The summed E-state index contributed by atoms with van der Waals surface area (Å²) < 4.78 is 50.6. The number of nitrogens with zero attached hydrogens (tertiary/aromatic N) is 3. The van der Waals surface area contributed by atoms with E-state index in [1.165, 1.54) is 18.1 Å². The van der Waals surface area contributed by atoms with Crippen molar-refractivity contribution in [1.82, 2.24) is 14.8 Å². The first-order chi connectivity index (χ1) is 12.7. The summed E-state index contributed by atoms with van der Waals surface area (Å²) in [4.78, 5) is 20.1. The Morgan fingerprint density at radius 2 is 2.11 bits per heavy atom. The van der Waals surface area contributed by atoms with Gasteiger partial charge < -0.3 is 14.4 Å². The largest absolute Gasteiger partial charge is 0.481 e. The van der Waals surface area contributed by atoms with Gasteiger partial charge in [0.15, 0.2) is 5.82 Å². The Balaban J connectivity index is 1.69. The van der Waals surface area contributed by atoms with Gasteiger partial charge in [0.2, 0.25) is 11.8 Å². The molecule has 150 valence electrons. The smallest absolute Gasteiger partial charge is 0.255 e. The number of carbonyl (C=O) groups is 1. The van der Waals surface area contributed by atoms with Gasteiger partial charge in [0.1, 0.15) is 6.10 Å². The topological polar surface area (TPSA) is 54.9 Å². The van der Waals surface area contributed by atoms with Crippen molar-refractivity contribution in [2.24, 2.45) is 0 Å². The van der Waals surface area contributed by atoms with Crippen molar-refractivity contribution in [2.45, 2.75) is 50.3 Å². The van der Waals surface area contributed by atoms with Crippen LogP contribution in [0.3, 0.4) is 0 Å². The molecule has 1 saturated heterocycles. The van der Waals surface area contributed by atoms with Crippen molar-refractivity contribution in [1.29, 1.82) is 0 Å². The van der Waals surface area contributed by atoms with Crippen molar-refractivity contribution in [2.75, 3.05) is 27.7 Å². The molecule has 2 aliphatic rings. The van der Waals surface area contributed by atoms with Crippen LogP contribution >= 0.6 is 0 Å².